The maximum Gasteiger partial charge on any atom is 0.216 e. The van der Waals surface area contributed by atoms with Crippen LogP contribution in [-0.2, 0) is 6.42 Å². The molecule has 0 aromatic carbocycles. The molecule has 2 rings (SSSR count). The monoisotopic (exact) mass is 209 g/mol. The van der Waals surface area contributed by atoms with Gasteiger partial charge in [-0.1, -0.05) is 6.07 Å². The Morgan fingerprint density at radius 3 is 2.93 bits per heavy atom. The number of rotatable bonds is 3. The fourth-order valence-electron chi connectivity index (χ4n) is 1.82. The summed E-state index contributed by atoms with van der Waals surface area (Å²) >= 11 is 0. The molecule has 1 aromatic rings. The van der Waals surface area contributed by atoms with E-state index < -0.39 is 0 Å². The summed E-state index contributed by atoms with van der Waals surface area (Å²) in [5, 5.41) is 3.30. The lowest BCUT2D eigenvalue weighted by Crippen LogP contribution is -2.44. The van der Waals surface area contributed by atoms with Gasteiger partial charge in [0.15, 0.2) is 0 Å². The van der Waals surface area contributed by atoms with Gasteiger partial charge < -0.3 is 10.2 Å². The molecule has 0 amide bonds. The predicted molar refractivity (Wildman–Crippen MR) is 57.2 cm³/mol. The number of pyridine rings is 1. The Kier molecular flexibility index (Phi) is 3.64. The summed E-state index contributed by atoms with van der Waals surface area (Å²) in [7, 11) is 0. The molecule has 1 N–H and O–H groups in total. The van der Waals surface area contributed by atoms with Crippen molar-refractivity contribution in [2.45, 2.75) is 6.42 Å². The van der Waals surface area contributed by atoms with E-state index >= 15 is 0 Å². The Balaban J connectivity index is 1.84. The highest BCUT2D eigenvalue weighted by Gasteiger charge is 2.10. The van der Waals surface area contributed by atoms with Gasteiger partial charge in [-0.25, -0.2) is 4.98 Å². The van der Waals surface area contributed by atoms with Gasteiger partial charge in [0.2, 0.25) is 5.95 Å². The first-order valence-electron chi connectivity index (χ1n) is 5.39. The second-order valence-electron chi connectivity index (χ2n) is 3.79. The van der Waals surface area contributed by atoms with Crippen molar-refractivity contribution in [2.75, 3.05) is 32.7 Å². The zero-order valence-corrected chi connectivity index (χ0v) is 8.75. The maximum absolute atomic E-state index is 13.2. The molecule has 82 valence electrons. The minimum atomic E-state index is -0.326. The Hall–Kier alpha value is -1.00. The molecule has 1 saturated heterocycles. The van der Waals surface area contributed by atoms with Crippen LogP contribution in [0.5, 0.6) is 0 Å². The Labute approximate surface area is 89.3 Å². The van der Waals surface area contributed by atoms with E-state index in [1.807, 2.05) is 6.07 Å². The minimum Gasteiger partial charge on any atom is -0.314 e. The zero-order valence-electron chi connectivity index (χ0n) is 8.75. The molecule has 3 nitrogen and oxygen atoms in total. The van der Waals surface area contributed by atoms with Gasteiger partial charge in [0.25, 0.3) is 0 Å². The van der Waals surface area contributed by atoms with Crippen molar-refractivity contribution in [3.05, 3.63) is 29.8 Å². The van der Waals surface area contributed by atoms with Crippen LogP contribution in [0.15, 0.2) is 18.3 Å². The molecule has 0 radical (unpaired) electrons. The molecule has 0 aliphatic carbocycles. The molecule has 0 bridgehead atoms. The smallest absolute Gasteiger partial charge is 0.216 e. The quantitative estimate of drug-likeness (QED) is 0.742. The largest absolute Gasteiger partial charge is 0.314 e. The third-order valence-electron chi connectivity index (χ3n) is 2.74. The second kappa shape index (κ2) is 5.19. The zero-order chi connectivity index (χ0) is 10.5. The van der Waals surface area contributed by atoms with Gasteiger partial charge in [0.05, 0.1) is 0 Å². The summed E-state index contributed by atoms with van der Waals surface area (Å²) < 4.78 is 13.2. The lowest BCUT2D eigenvalue weighted by molar-refractivity contribution is 0.243. The average molecular weight is 209 g/mol. The molecule has 0 spiro atoms. The fourth-order valence-corrected chi connectivity index (χ4v) is 1.82. The van der Waals surface area contributed by atoms with E-state index in [9.17, 15) is 4.39 Å². The number of nitrogens with zero attached hydrogens (tertiary/aromatic N) is 2. The first-order chi connectivity index (χ1) is 7.36. The van der Waals surface area contributed by atoms with Gasteiger partial charge in [0.1, 0.15) is 0 Å². The van der Waals surface area contributed by atoms with Crippen LogP contribution < -0.4 is 5.32 Å². The number of piperazine rings is 1. The van der Waals surface area contributed by atoms with Gasteiger partial charge in [-0.15, -0.1) is 0 Å². The Bertz CT molecular complexity index is 310. The summed E-state index contributed by atoms with van der Waals surface area (Å²) in [6.45, 7) is 5.11. The van der Waals surface area contributed by atoms with E-state index in [2.05, 4.69) is 15.2 Å². The van der Waals surface area contributed by atoms with E-state index in [0.717, 1.165) is 44.7 Å². The van der Waals surface area contributed by atoms with Crippen LogP contribution in [-0.4, -0.2) is 42.6 Å². The molecule has 0 saturated carbocycles. The van der Waals surface area contributed by atoms with E-state index in [-0.39, 0.29) is 5.95 Å². The normalized spacial score (nSPS) is 17.9. The fraction of sp³-hybridized carbons (Fsp3) is 0.545. The van der Waals surface area contributed by atoms with Crippen LogP contribution in [0.3, 0.4) is 0 Å². The molecule has 2 heterocycles. The van der Waals surface area contributed by atoms with Gasteiger partial charge in [-0.2, -0.15) is 4.39 Å². The van der Waals surface area contributed by atoms with Crippen LogP contribution in [0.25, 0.3) is 0 Å². The lowest BCUT2D eigenvalue weighted by atomic mass is 10.2. The molecule has 1 fully saturated rings. The molecule has 15 heavy (non-hydrogen) atoms. The van der Waals surface area contributed by atoms with Crippen molar-refractivity contribution in [1.29, 1.82) is 0 Å². The number of halogens is 1. The van der Waals surface area contributed by atoms with Crippen molar-refractivity contribution in [3.8, 4) is 0 Å². The highest BCUT2D eigenvalue weighted by molar-refractivity contribution is 5.11. The van der Waals surface area contributed by atoms with E-state index in [1.165, 1.54) is 6.20 Å². The van der Waals surface area contributed by atoms with Gasteiger partial charge in [-0.05, 0) is 12.5 Å². The topological polar surface area (TPSA) is 28.2 Å². The summed E-state index contributed by atoms with van der Waals surface area (Å²) in [5.41, 5.74) is 0.719. The average Bonchev–Trinajstić information content (AvgIpc) is 2.29. The number of nitrogens with one attached hydrogen (secondary N) is 1. The number of hydrogen-bond donors (Lipinski definition) is 1. The molecular formula is C11H16FN3. The van der Waals surface area contributed by atoms with Crippen LogP contribution in [0.4, 0.5) is 4.39 Å². The molecule has 1 aliphatic heterocycles. The SMILES string of the molecule is Fc1ncccc1CCN1CCNCC1. The first kappa shape index (κ1) is 10.5. The predicted octanol–water partition coefficient (Wildman–Crippen LogP) is 0.668. The van der Waals surface area contributed by atoms with Crippen molar-refractivity contribution in [3.63, 3.8) is 0 Å². The van der Waals surface area contributed by atoms with Crippen LogP contribution in [0.1, 0.15) is 5.56 Å². The van der Waals surface area contributed by atoms with Crippen molar-refractivity contribution in [1.82, 2.24) is 15.2 Å². The van der Waals surface area contributed by atoms with E-state index in [0.29, 0.717) is 0 Å². The number of aromatic nitrogens is 1. The standard InChI is InChI=1S/C11H16FN3/c12-11-10(2-1-4-14-11)3-7-15-8-5-13-6-9-15/h1-2,4,13H,3,5-9H2. The molecule has 4 heteroatoms. The first-order valence-corrected chi connectivity index (χ1v) is 5.39. The summed E-state index contributed by atoms with van der Waals surface area (Å²) in [6.07, 6.45) is 2.24. The van der Waals surface area contributed by atoms with Crippen LogP contribution in [0.2, 0.25) is 0 Å². The molecule has 1 aliphatic rings. The minimum absolute atomic E-state index is 0.326. The van der Waals surface area contributed by atoms with Crippen LogP contribution in [0, 0.1) is 5.95 Å². The third-order valence-corrected chi connectivity index (χ3v) is 2.74. The molecule has 0 unspecified atom stereocenters. The molecule has 1 aromatic heterocycles. The molecule has 0 atom stereocenters. The Morgan fingerprint density at radius 1 is 1.40 bits per heavy atom. The number of hydrogen-bond acceptors (Lipinski definition) is 3. The Morgan fingerprint density at radius 2 is 2.20 bits per heavy atom. The highest BCUT2D eigenvalue weighted by atomic mass is 19.1. The van der Waals surface area contributed by atoms with Crippen LogP contribution >= 0.6 is 0 Å². The van der Waals surface area contributed by atoms with E-state index in [4.69, 9.17) is 0 Å². The molecular weight excluding hydrogens is 193 g/mol. The second-order valence-corrected chi connectivity index (χ2v) is 3.79. The maximum atomic E-state index is 13.2. The van der Waals surface area contributed by atoms with Crippen molar-refractivity contribution in [2.24, 2.45) is 0 Å². The third kappa shape index (κ3) is 2.97. The van der Waals surface area contributed by atoms with Gasteiger partial charge in [0, 0.05) is 44.5 Å². The van der Waals surface area contributed by atoms with Crippen molar-refractivity contribution >= 4 is 0 Å². The summed E-state index contributed by atoms with van der Waals surface area (Å²) in [4.78, 5) is 6.00. The van der Waals surface area contributed by atoms with E-state index in [1.54, 1.807) is 6.07 Å². The summed E-state index contributed by atoms with van der Waals surface area (Å²) in [5.74, 6) is -0.326. The van der Waals surface area contributed by atoms with Gasteiger partial charge in [-0.3, -0.25) is 0 Å². The highest BCUT2D eigenvalue weighted by Crippen LogP contribution is 2.05. The van der Waals surface area contributed by atoms with Crippen molar-refractivity contribution < 1.29 is 4.39 Å². The van der Waals surface area contributed by atoms with Gasteiger partial charge >= 0.3 is 0 Å². The summed E-state index contributed by atoms with van der Waals surface area (Å²) in [6, 6.07) is 3.60. The lowest BCUT2D eigenvalue weighted by Gasteiger charge is -2.27.